The van der Waals surface area contributed by atoms with Crippen molar-refractivity contribution in [3.63, 3.8) is 0 Å². The van der Waals surface area contributed by atoms with Crippen molar-refractivity contribution in [2.75, 3.05) is 51.7 Å². The van der Waals surface area contributed by atoms with E-state index < -0.39 is 6.04 Å². The van der Waals surface area contributed by atoms with Crippen LogP contribution < -0.4 is 4.90 Å². The van der Waals surface area contributed by atoms with Gasteiger partial charge in [-0.05, 0) is 34.8 Å². The standard InChI is InChI=1S/C25H28FN6O2/c1-28-23-22(24(33)29(2)25(28)34)32(16-18-6-4-3-5-7-18)21(27-23)17-30-12-14-31(15-13-30)20-10-8-19(26)9-11-20/h3-11,22H,12-17H2,1-2H3/q+1. The number of piperazine rings is 1. The highest BCUT2D eigenvalue weighted by Crippen LogP contribution is 2.22. The Balaban J connectivity index is 1.37. The third kappa shape index (κ3) is 4.07. The predicted octanol–water partition coefficient (Wildman–Crippen LogP) is 1.86. The Kier molecular flexibility index (Phi) is 5.87. The molecule has 34 heavy (non-hydrogen) atoms. The van der Waals surface area contributed by atoms with E-state index in [0.29, 0.717) is 18.9 Å². The largest absolute Gasteiger partial charge is 0.369 e. The van der Waals surface area contributed by atoms with Crippen LogP contribution in [-0.2, 0) is 11.3 Å². The normalized spacial score (nSPS) is 21.3. The molecule has 0 aromatic heterocycles. The maximum absolute atomic E-state index is 13.3. The van der Waals surface area contributed by atoms with Gasteiger partial charge in [-0.2, -0.15) is 0 Å². The molecule has 0 saturated carbocycles. The van der Waals surface area contributed by atoms with E-state index in [-0.39, 0.29) is 17.8 Å². The van der Waals surface area contributed by atoms with Crippen LogP contribution in [0.1, 0.15) is 5.56 Å². The second-order valence-corrected chi connectivity index (χ2v) is 8.88. The number of urea groups is 1. The van der Waals surface area contributed by atoms with Crippen molar-refractivity contribution in [3.8, 4) is 0 Å². The van der Waals surface area contributed by atoms with Gasteiger partial charge in [0.1, 0.15) is 18.9 Å². The maximum atomic E-state index is 13.3. The highest BCUT2D eigenvalue weighted by molar-refractivity contribution is 6.23. The van der Waals surface area contributed by atoms with E-state index in [1.54, 1.807) is 7.05 Å². The first-order valence-electron chi connectivity index (χ1n) is 11.5. The molecule has 0 spiro atoms. The van der Waals surface area contributed by atoms with Crippen LogP contribution in [0, 0.1) is 5.82 Å². The number of fused-ring (bicyclic) bond motifs is 1. The molecule has 8 nitrogen and oxygen atoms in total. The quantitative estimate of drug-likeness (QED) is 0.636. The van der Waals surface area contributed by atoms with E-state index in [1.807, 2.05) is 47.0 Å². The highest BCUT2D eigenvalue weighted by Gasteiger charge is 2.53. The van der Waals surface area contributed by atoms with Crippen LogP contribution in [0.3, 0.4) is 0 Å². The van der Waals surface area contributed by atoms with Crippen molar-refractivity contribution < 1.29 is 18.6 Å². The first kappa shape index (κ1) is 22.2. The molecule has 5 rings (SSSR count). The topological polar surface area (TPSA) is 62.5 Å². The van der Waals surface area contributed by atoms with Crippen molar-refractivity contribution in [2.24, 2.45) is 4.99 Å². The lowest BCUT2D eigenvalue weighted by Gasteiger charge is -2.35. The Labute approximate surface area is 198 Å². The number of benzene rings is 2. The molecule has 1 atom stereocenters. The van der Waals surface area contributed by atoms with Crippen LogP contribution in [0.2, 0.25) is 0 Å². The number of rotatable bonds is 5. The van der Waals surface area contributed by atoms with E-state index in [9.17, 15) is 14.0 Å². The lowest BCUT2D eigenvalue weighted by molar-refractivity contribution is -0.552. The molecule has 1 unspecified atom stereocenters. The minimum Gasteiger partial charge on any atom is -0.369 e. The summed E-state index contributed by atoms with van der Waals surface area (Å²) >= 11 is 0. The number of likely N-dealkylation sites (N-methyl/N-ethyl adjacent to an activating group) is 2. The number of halogens is 1. The number of imide groups is 1. The average molecular weight is 464 g/mol. The van der Waals surface area contributed by atoms with E-state index in [0.717, 1.165) is 43.3 Å². The summed E-state index contributed by atoms with van der Waals surface area (Å²) < 4.78 is 15.3. The van der Waals surface area contributed by atoms with Gasteiger partial charge in [0.25, 0.3) is 17.8 Å². The number of aliphatic imine (C=N–C) groups is 1. The fourth-order valence-corrected chi connectivity index (χ4v) is 4.75. The first-order chi connectivity index (χ1) is 16.4. The van der Waals surface area contributed by atoms with Gasteiger partial charge in [0.15, 0.2) is 0 Å². The van der Waals surface area contributed by atoms with Gasteiger partial charge in [-0.3, -0.25) is 19.5 Å². The smallest absolute Gasteiger partial charge is 0.333 e. The third-order valence-corrected chi connectivity index (χ3v) is 6.74. The number of amides is 3. The summed E-state index contributed by atoms with van der Waals surface area (Å²) in [6, 6.07) is 15.6. The molecule has 0 radical (unpaired) electrons. The molecule has 3 aliphatic heterocycles. The van der Waals surface area contributed by atoms with Gasteiger partial charge in [0.2, 0.25) is 0 Å². The molecular weight excluding hydrogens is 435 g/mol. The first-order valence-corrected chi connectivity index (χ1v) is 11.5. The molecule has 3 amide bonds. The number of hydrogen-bond acceptors (Lipinski definition) is 5. The van der Waals surface area contributed by atoms with Crippen LogP contribution in [0.25, 0.3) is 0 Å². The van der Waals surface area contributed by atoms with E-state index in [1.165, 1.54) is 29.0 Å². The maximum Gasteiger partial charge on any atom is 0.333 e. The van der Waals surface area contributed by atoms with Gasteiger partial charge >= 0.3 is 11.9 Å². The van der Waals surface area contributed by atoms with Crippen molar-refractivity contribution in [1.29, 1.82) is 0 Å². The summed E-state index contributed by atoms with van der Waals surface area (Å²) in [6.07, 6.45) is 0. The number of anilines is 1. The van der Waals surface area contributed by atoms with E-state index in [4.69, 9.17) is 4.99 Å². The highest BCUT2D eigenvalue weighted by atomic mass is 19.1. The Morgan fingerprint density at radius 3 is 2.29 bits per heavy atom. The third-order valence-electron chi connectivity index (χ3n) is 6.74. The zero-order valence-corrected chi connectivity index (χ0v) is 19.4. The Hall–Kier alpha value is -3.59. The molecule has 176 valence electrons. The van der Waals surface area contributed by atoms with Crippen LogP contribution in [0.15, 0.2) is 59.6 Å². The van der Waals surface area contributed by atoms with Crippen LogP contribution in [0.5, 0.6) is 0 Å². The minimum atomic E-state index is -0.608. The number of nitrogens with zero attached hydrogens (tertiary/aromatic N) is 6. The monoisotopic (exact) mass is 463 g/mol. The summed E-state index contributed by atoms with van der Waals surface area (Å²) in [7, 11) is 3.19. The molecule has 9 heteroatoms. The Morgan fingerprint density at radius 1 is 0.941 bits per heavy atom. The second-order valence-electron chi connectivity index (χ2n) is 8.88. The summed E-state index contributed by atoms with van der Waals surface area (Å²) in [5.41, 5.74) is 2.09. The van der Waals surface area contributed by atoms with Crippen molar-refractivity contribution in [2.45, 2.75) is 12.6 Å². The van der Waals surface area contributed by atoms with Gasteiger partial charge in [-0.15, -0.1) is 0 Å². The predicted molar refractivity (Wildman–Crippen MR) is 128 cm³/mol. The zero-order chi connectivity index (χ0) is 23.8. The summed E-state index contributed by atoms with van der Waals surface area (Å²) in [5.74, 6) is 0.794. The van der Waals surface area contributed by atoms with Crippen LogP contribution in [-0.4, -0.2) is 95.7 Å². The summed E-state index contributed by atoms with van der Waals surface area (Å²) in [4.78, 5) is 37.6. The van der Waals surface area contributed by atoms with Gasteiger partial charge in [-0.25, -0.2) is 13.8 Å². The fourth-order valence-electron chi connectivity index (χ4n) is 4.75. The zero-order valence-electron chi connectivity index (χ0n) is 19.4. The number of carbonyl (C=O) groups is 2. The fraction of sp³-hybridized carbons (Fsp3) is 0.360. The number of amidine groups is 2. The second kappa shape index (κ2) is 8.98. The number of carbonyl (C=O) groups excluding carboxylic acids is 2. The molecular formula is C25H28FN6O2+. The van der Waals surface area contributed by atoms with Gasteiger partial charge in [-0.1, -0.05) is 30.3 Å². The molecule has 2 aromatic carbocycles. The SMILES string of the molecule is CN1C(=O)C2C(=NC(CN3CCN(c4ccc(F)cc4)CC3)=[N+]2Cc2ccccc2)N(C)C1=O. The van der Waals surface area contributed by atoms with E-state index >= 15 is 0 Å². The molecule has 2 aromatic rings. The molecule has 3 aliphatic rings. The lowest BCUT2D eigenvalue weighted by Crippen LogP contribution is -2.61. The molecule has 0 N–H and O–H groups in total. The summed E-state index contributed by atoms with van der Waals surface area (Å²) in [6.45, 7) is 4.39. The van der Waals surface area contributed by atoms with Crippen molar-refractivity contribution >= 4 is 29.3 Å². The van der Waals surface area contributed by atoms with Crippen LogP contribution >= 0.6 is 0 Å². The van der Waals surface area contributed by atoms with E-state index in [2.05, 4.69) is 9.80 Å². The molecule has 0 bridgehead atoms. The van der Waals surface area contributed by atoms with Gasteiger partial charge < -0.3 is 4.90 Å². The van der Waals surface area contributed by atoms with Gasteiger partial charge in [0, 0.05) is 46.0 Å². The average Bonchev–Trinajstić information content (AvgIpc) is 3.21. The molecule has 3 heterocycles. The Morgan fingerprint density at radius 2 is 1.62 bits per heavy atom. The molecule has 2 fully saturated rings. The van der Waals surface area contributed by atoms with Crippen molar-refractivity contribution in [1.82, 2.24) is 14.7 Å². The molecule has 0 aliphatic carbocycles. The number of hydrogen-bond donors (Lipinski definition) is 0. The summed E-state index contributed by atoms with van der Waals surface area (Å²) in [5, 5.41) is 0. The lowest BCUT2D eigenvalue weighted by atomic mass is 10.1. The van der Waals surface area contributed by atoms with Crippen LogP contribution in [0.4, 0.5) is 14.9 Å². The minimum absolute atomic E-state index is 0.234. The van der Waals surface area contributed by atoms with Gasteiger partial charge in [0.05, 0.1) is 0 Å². The molecule has 2 saturated heterocycles. The Bertz CT molecular complexity index is 1160. The van der Waals surface area contributed by atoms with Crippen molar-refractivity contribution in [3.05, 3.63) is 66.0 Å².